The third-order valence-corrected chi connectivity index (χ3v) is 4.68. The molecule has 1 unspecified atom stereocenters. The van der Waals surface area contributed by atoms with Crippen LogP contribution < -0.4 is 16.0 Å². The van der Waals surface area contributed by atoms with Crippen LogP contribution in [0.1, 0.15) is 28.3 Å². The first-order chi connectivity index (χ1) is 9.97. The molecule has 0 radical (unpaired) electrons. The molecule has 0 aliphatic heterocycles. The van der Waals surface area contributed by atoms with E-state index in [-0.39, 0.29) is 6.04 Å². The van der Waals surface area contributed by atoms with E-state index in [0.717, 1.165) is 32.5 Å². The molecule has 112 valence electrons. The van der Waals surface area contributed by atoms with Crippen LogP contribution in [0.25, 0.3) is 0 Å². The van der Waals surface area contributed by atoms with Gasteiger partial charge in [-0.05, 0) is 64.7 Å². The Hall–Kier alpha value is -1.07. The van der Waals surface area contributed by atoms with Crippen molar-refractivity contribution in [1.82, 2.24) is 5.43 Å². The molecule has 0 aromatic heterocycles. The Morgan fingerprint density at radius 2 is 1.95 bits per heavy atom. The van der Waals surface area contributed by atoms with E-state index >= 15 is 0 Å². The van der Waals surface area contributed by atoms with Crippen LogP contribution in [0, 0.1) is 13.8 Å². The third-order valence-electron chi connectivity index (χ3n) is 3.45. The average molecular weight is 370 g/mol. The predicted octanol–water partition coefficient (Wildman–Crippen LogP) is 4.28. The lowest BCUT2D eigenvalue weighted by atomic mass is 9.93. The summed E-state index contributed by atoms with van der Waals surface area (Å²) in [6.45, 7) is 4.09. The van der Waals surface area contributed by atoms with Gasteiger partial charge in [0.2, 0.25) is 0 Å². The Bertz CT molecular complexity index is 661. The Balaban J connectivity index is 2.58. The molecule has 0 heterocycles. The monoisotopic (exact) mass is 368 g/mol. The number of halogens is 2. The number of benzene rings is 2. The Morgan fingerprint density at radius 3 is 2.52 bits per heavy atom. The normalized spacial score (nSPS) is 12.3. The highest BCUT2D eigenvalue weighted by Gasteiger charge is 2.20. The molecular formula is C16H18BrClN2O. The third kappa shape index (κ3) is 3.40. The summed E-state index contributed by atoms with van der Waals surface area (Å²) in [5.74, 6) is 6.61. The molecule has 5 heteroatoms. The SMILES string of the molecule is COc1cc(C)cc(C)c1C(NN)c1ccc(Br)c(Cl)c1. The molecule has 0 saturated heterocycles. The van der Waals surface area contributed by atoms with E-state index in [1.165, 1.54) is 0 Å². The van der Waals surface area contributed by atoms with Gasteiger partial charge in [0, 0.05) is 10.0 Å². The van der Waals surface area contributed by atoms with Gasteiger partial charge in [0.1, 0.15) is 5.75 Å². The first-order valence-corrected chi connectivity index (χ1v) is 7.71. The summed E-state index contributed by atoms with van der Waals surface area (Å²) < 4.78 is 6.39. The van der Waals surface area contributed by atoms with Crippen LogP contribution in [0.3, 0.4) is 0 Å². The van der Waals surface area contributed by atoms with E-state index < -0.39 is 0 Å². The second-order valence-electron chi connectivity index (χ2n) is 4.97. The Labute approximate surface area is 138 Å². The maximum Gasteiger partial charge on any atom is 0.124 e. The maximum atomic E-state index is 6.19. The Morgan fingerprint density at radius 1 is 1.24 bits per heavy atom. The summed E-state index contributed by atoms with van der Waals surface area (Å²) in [6.07, 6.45) is 0. The van der Waals surface area contributed by atoms with Crippen LogP contribution in [0.4, 0.5) is 0 Å². The molecule has 0 fully saturated rings. The van der Waals surface area contributed by atoms with Gasteiger partial charge in [0.25, 0.3) is 0 Å². The maximum absolute atomic E-state index is 6.19. The lowest BCUT2D eigenvalue weighted by Gasteiger charge is -2.22. The van der Waals surface area contributed by atoms with E-state index in [1.54, 1.807) is 7.11 Å². The number of aryl methyl sites for hydroxylation is 2. The van der Waals surface area contributed by atoms with Crippen LogP contribution in [-0.4, -0.2) is 7.11 Å². The minimum atomic E-state index is -0.189. The Kier molecular flexibility index (Phi) is 5.27. The molecule has 0 aliphatic rings. The van der Waals surface area contributed by atoms with Crippen LogP contribution >= 0.6 is 27.5 Å². The summed E-state index contributed by atoms with van der Waals surface area (Å²) in [6, 6.07) is 9.73. The molecule has 0 saturated carbocycles. The van der Waals surface area contributed by atoms with Gasteiger partial charge in [-0.15, -0.1) is 0 Å². The second-order valence-corrected chi connectivity index (χ2v) is 6.23. The largest absolute Gasteiger partial charge is 0.496 e. The van der Waals surface area contributed by atoms with E-state index in [0.29, 0.717) is 5.02 Å². The van der Waals surface area contributed by atoms with Crippen LogP contribution in [0.15, 0.2) is 34.8 Å². The van der Waals surface area contributed by atoms with Crippen molar-refractivity contribution in [3.63, 3.8) is 0 Å². The average Bonchev–Trinajstić information content (AvgIpc) is 2.45. The summed E-state index contributed by atoms with van der Waals surface area (Å²) in [5, 5.41) is 0.650. The van der Waals surface area contributed by atoms with Gasteiger partial charge in [0.15, 0.2) is 0 Å². The van der Waals surface area contributed by atoms with Crippen LogP contribution in [-0.2, 0) is 0 Å². The summed E-state index contributed by atoms with van der Waals surface area (Å²) in [7, 11) is 1.67. The van der Waals surface area contributed by atoms with Crippen molar-refractivity contribution in [2.24, 2.45) is 5.84 Å². The molecule has 0 bridgehead atoms. The molecule has 2 aromatic rings. The predicted molar refractivity (Wildman–Crippen MR) is 90.8 cm³/mol. The fourth-order valence-electron chi connectivity index (χ4n) is 2.52. The quantitative estimate of drug-likeness (QED) is 0.624. The van der Waals surface area contributed by atoms with Gasteiger partial charge in [0.05, 0.1) is 18.2 Å². The molecule has 2 aromatic carbocycles. The van der Waals surface area contributed by atoms with Crippen molar-refractivity contribution < 1.29 is 4.74 Å². The number of methoxy groups -OCH3 is 1. The van der Waals surface area contributed by atoms with E-state index in [4.69, 9.17) is 22.2 Å². The highest BCUT2D eigenvalue weighted by atomic mass is 79.9. The minimum absolute atomic E-state index is 0.189. The van der Waals surface area contributed by atoms with Gasteiger partial charge < -0.3 is 4.74 Å². The summed E-state index contributed by atoms with van der Waals surface area (Å²) in [5.41, 5.74) is 7.13. The highest BCUT2D eigenvalue weighted by molar-refractivity contribution is 9.10. The van der Waals surface area contributed by atoms with Crippen molar-refractivity contribution in [3.8, 4) is 5.75 Å². The fraction of sp³-hybridized carbons (Fsp3) is 0.250. The van der Waals surface area contributed by atoms with Crippen molar-refractivity contribution in [1.29, 1.82) is 0 Å². The van der Waals surface area contributed by atoms with Crippen LogP contribution in [0.2, 0.25) is 5.02 Å². The van der Waals surface area contributed by atoms with Gasteiger partial charge >= 0.3 is 0 Å². The lowest BCUT2D eigenvalue weighted by Crippen LogP contribution is -2.29. The number of nitrogens with one attached hydrogen (secondary N) is 1. The van der Waals surface area contributed by atoms with E-state index in [1.807, 2.05) is 31.2 Å². The summed E-state index contributed by atoms with van der Waals surface area (Å²) >= 11 is 9.59. The van der Waals surface area contributed by atoms with Gasteiger partial charge in [-0.3, -0.25) is 5.84 Å². The molecule has 2 rings (SSSR count). The molecular weight excluding hydrogens is 352 g/mol. The zero-order valence-electron chi connectivity index (χ0n) is 12.2. The zero-order chi connectivity index (χ0) is 15.6. The molecule has 3 nitrogen and oxygen atoms in total. The number of hydrazine groups is 1. The molecule has 21 heavy (non-hydrogen) atoms. The first-order valence-electron chi connectivity index (χ1n) is 6.54. The number of rotatable bonds is 4. The highest BCUT2D eigenvalue weighted by Crippen LogP contribution is 2.35. The zero-order valence-corrected chi connectivity index (χ0v) is 14.5. The number of hydrogen-bond donors (Lipinski definition) is 2. The standard InChI is InChI=1S/C16H18BrClN2O/c1-9-6-10(2)15(14(7-9)21-3)16(20-19)11-4-5-12(17)13(18)8-11/h4-8,16,20H,19H2,1-3H3. The van der Waals surface area contributed by atoms with Gasteiger partial charge in [-0.25, -0.2) is 5.43 Å². The summed E-state index contributed by atoms with van der Waals surface area (Å²) in [4.78, 5) is 0. The van der Waals surface area contributed by atoms with Gasteiger partial charge in [-0.1, -0.05) is 23.7 Å². The van der Waals surface area contributed by atoms with Crippen molar-refractivity contribution in [3.05, 3.63) is 62.1 Å². The molecule has 1 atom stereocenters. The fourth-order valence-corrected chi connectivity index (χ4v) is 2.95. The van der Waals surface area contributed by atoms with E-state index in [2.05, 4.69) is 34.3 Å². The molecule has 0 aliphatic carbocycles. The topological polar surface area (TPSA) is 47.3 Å². The molecule has 3 N–H and O–H groups in total. The van der Waals surface area contributed by atoms with Crippen molar-refractivity contribution in [2.45, 2.75) is 19.9 Å². The number of hydrogen-bond acceptors (Lipinski definition) is 3. The second kappa shape index (κ2) is 6.79. The smallest absolute Gasteiger partial charge is 0.124 e. The van der Waals surface area contributed by atoms with Gasteiger partial charge in [-0.2, -0.15) is 0 Å². The van der Waals surface area contributed by atoms with Crippen LogP contribution in [0.5, 0.6) is 5.75 Å². The van der Waals surface area contributed by atoms with E-state index in [9.17, 15) is 0 Å². The lowest BCUT2D eigenvalue weighted by molar-refractivity contribution is 0.403. The molecule has 0 amide bonds. The van der Waals surface area contributed by atoms with Crippen molar-refractivity contribution >= 4 is 27.5 Å². The van der Waals surface area contributed by atoms with Crippen molar-refractivity contribution in [2.75, 3.05) is 7.11 Å². The number of ether oxygens (including phenoxy) is 1. The number of nitrogens with two attached hydrogens (primary N) is 1. The first kappa shape index (κ1) is 16.3. The molecule has 0 spiro atoms. The minimum Gasteiger partial charge on any atom is -0.496 e.